The van der Waals surface area contributed by atoms with E-state index in [-0.39, 0.29) is 12.1 Å². The quantitative estimate of drug-likeness (QED) is 0.501. The topological polar surface area (TPSA) is 80.9 Å². The summed E-state index contributed by atoms with van der Waals surface area (Å²) in [5.74, 6) is 0. The van der Waals surface area contributed by atoms with Gasteiger partial charge in [0.1, 0.15) is 0 Å². The Bertz CT molecular complexity index is 285. The van der Waals surface area contributed by atoms with Gasteiger partial charge in [0, 0.05) is 12.6 Å². The highest BCUT2D eigenvalue weighted by molar-refractivity contribution is 5.51. The van der Waals surface area contributed by atoms with Crippen molar-refractivity contribution in [2.24, 2.45) is 5.73 Å². The first kappa shape index (κ1) is 6.76. The Kier molecular flexibility index (Phi) is 1.68. The fraction of sp³-hybridized carbons (Fsp3) is 0.200. The molecular formula is C5H7N3O2. The molecule has 0 radical (unpaired) electrons. The average Bonchev–Trinajstić information content (AvgIpc) is 2.30. The molecule has 1 rings (SSSR count). The highest BCUT2D eigenvalue weighted by Crippen LogP contribution is 1.87. The Hall–Kier alpha value is -1.36. The molecular weight excluding hydrogens is 134 g/mol. The third-order valence-corrected chi connectivity index (χ3v) is 1.15. The summed E-state index contributed by atoms with van der Waals surface area (Å²) in [5, 5.41) is 2.26. The second-order valence-electron chi connectivity index (χ2n) is 1.79. The predicted octanol–water partition coefficient (Wildman–Crippen LogP) is -1.33. The molecule has 54 valence electrons. The largest absolute Gasteiger partial charge is 0.325 e. The lowest BCUT2D eigenvalue weighted by Gasteiger charge is -1.92. The third-order valence-electron chi connectivity index (χ3n) is 1.15. The average molecular weight is 141 g/mol. The molecule has 3 N–H and O–H groups in total. The Morgan fingerprint density at radius 3 is 2.90 bits per heavy atom. The van der Waals surface area contributed by atoms with Gasteiger partial charge in [0.25, 0.3) is 5.56 Å². The van der Waals surface area contributed by atoms with E-state index >= 15 is 0 Å². The van der Waals surface area contributed by atoms with E-state index in [9.17, 15) is 9.59 Å². The minimum Gasteiger partial charge on any atom is -0.325 e. The van der Waals surface area contributed by atoms with Crippen LogP contribution in [0.25, 0.3) is 0 Å². The number of H-pyrrole nitrogens is 1. The van der Waals surface area contributed by atoms with Crippen LogP contribution in [0.5, 0.6) is 0 Å². The van der Waals surface area contributed by atoms with Crippen molar-refractivity contribution in [2.75, 3.05) is 0 Å². The number of nitrogens with zero attached hydrogens (tertiary/aromatic N) is 1. The van der Waals surface area contributed by atoms with Crippen LogP contribution in [0, 0.1) is 0 Å². The van der Waals surface area contributed by atoms with Crippen LogP contribution in [0.4, 0.5) is 0 Å². The molecule has 5 heteroatoms. The minimum absolute atomic E-state index is 0.178. The highest BCUT2D eigenvalue weighted by atomic mass is 16.2. The van der Waals surface area contributed by atoms with Gasteiger partial charge in [0.15, 0.2) is 0 Å². The maximum absolute atomic E-state index is 10.5. The lowest BCUT2D eigenvalue weighted by Crippen LogP contribution is -2.08. The lowest BCUT2D eigenvalue weighted by atomic mass is 10.4. The van der Waals surface area contributed by atoms with E-state index in [1.54, 1.807) is 0 Å². The van der Waals surface area contributed by atoms with Crippen LogP contribution >= 0.6 is 0 Å². The van der Waals surface area contributed by atoms with Crippen LogP contribution in [-0.2, 0) is 11.3 Å². The molecule has 0 saturated heterocycles. The van der Waals surface area contributed by atoms with Crippen LogP contribution in [-0.4, -0.2) is 16.2 Å². The zero-order valence-electron chi connectivity index (χ0n) is 5.20. The molecule has 0 aliphatic heterocycles. The molecule has 0 bridgehead atoms. The summed E-state index contributed by atoms with van der Waals surface area (Å²) in [6.45, 7) is 0.178. The number of hydrogen-bond donors (Lipinski definition) is 2. The van der Waals surface area contributed by atoms with Crippen molar-refractivity contribution in [2.45, 2.75) is 6.54 Å². The molecule has 0 aliphatic rings. The predicted molar refractivity (Wildman–Crippen MR) is 35.1 cm³/mol. The molecule has 0 amide bonds. The molecule has 10 heavy (non-hydrogen) atoms. The van der Waals surface area contributed by atoms with E-state index < -0.39 is 0 Å². The van der Waals surface area contributed by atoms with E-state index in [1.165, 1.54) is 6.07 Å². The van der Waals surface area contributed by atoms with Crippen LogP contribution < -0.4 is 11.3 Å². The second-order valence-corrected chi connectivity index (χ2v) is 1.79. The van der Waals surface area contributed by atoms with E-state index in [0.29, 0.717) is 12.1 Å². The van der Waals surface area contributed by atoms with Gasteiger partial charge in [0.05, 0.1) is 5.69 Å². The van der Waals surface area contributed by atoms with E-state index in [1.807, 2.05) is 0 Å². The van der Waals surface area contributed by atoms with Gasteiger partial charge in [-0.3, -0.25) is 14.7 Å². The van der Waals surface area contributed by atoms with Crippen molar-refractivity contribution in [3.63, 3.8) is 0 Å². The zero-order chi connectivity index (χ0) is 7.56. The summed E-state index contributed by atoms with van der Waals surface area (Å²) in [6, 6.07) is 1.29. The van der Waals surface area contributed by atoms with Crippen molar-refractivity contribution in [1.82, 2.24) is 9.78 Å². The smallest absolute Gasteiger partial charge is 0.264 e. The Labute approximate surface area is 56.4 Å². The van der Waals surface area contributed by atoms with Gasteiger partial charge in [-0.1, -0.05) is 0 Å². The van der Waals surface area contributed by atoms with Crippen LogP contribution in [0.1, 0.15) is 5.69 Å². The highest BCUT2D eigenvalue weighted by Gasteiger charge is 1.98. The van der Waals surface area contributed by atoms with Gasteiger partial charge in [-0.2, -0.15) is 0 Å². The molecule has 1 heterocycles. The van der Waals surface area contributed by atoms with E-state index in [4.69, 9.17) is 5.73 Å². The van der Waals surface area contributed by atoms with Crippen molar-refractivity contribution in [3.8, 4) is 0 Å². The first-order valence-electron chi connectivity index (χ1n) is 2.73. The summed E-state index contributed by atoms with van der Waals surface area (Å²) in [4.78, 5) is 20.7. The van der Waals surface area contributed by atoms with Gasteiger partial charge >= 0.3 is 0 Å². The van der Waals surface area contributed by atoms with Crippen molar-refractivity contribution < 1.29 is 4.79 Å². The number of carbonyl (C=O) groups excluding carboxylic acids is 1. The standard InChI is InChI=1S/C5H7N3O2/c6-2-4-1-5(10)7-8(4)3-9/h1,3H,2,6H2,(H,7,10). The molecule has 0 unspecified atom stereocenters. The Balaban J connectivity index is 3.20. The van der Waals surface area contributed by atoms with Gasteiger partial charge in [0.2, 0.25) is 6.41 Å². The fourth-order valence-corrected chi connectivity index (χ4v) is 0.695. The Morgan fingerprint density at radius 1 is 1.80 bits per heavy atom. The minimum atomic E-state index is -0.312. The maximum Gasteiger partial charge on any atom is 0.264 e. The van der Waals surface area contributed by atoms with Gasteiger partial charge in [-0.05, 0) is 0 Å². The van der Waals surface area contributed by atoms with Gasteiger partial charge < -0.3 is 5.73 Å². The second kappa shape index (κ2) is 2.49. The monoisotopic (exact) mass is 141 g/mol. The normalized spacial score (nSPS) is 9.70. The molecule has 0 aliphatic carbocycles. The van der Waals surface area contributed by atoms with E-state index in [2.05, 4.69) is 5.10 Å². The number of carbonyl (C=O) groups is 1. The first-order valence-corrected chi connectivity index (χ1v) is 2.73. The van der Waals surface area contributed by atoms with Gasteiger partial charge in [-0.25, -0.2) is 4.68 Å². The van der Waals surface area contributed by atoms with Crippen molar-refractivity contribution >= 4 is 6.41 Å². The van der Waals surface area contributed by atoms with Crippen LogP contribution in [0.2, 0.25) is 0 Å². The summed E-state index contributed by atoms with van der Waals surface area (Å²) >= 11 is 0. The molecule has 0 fully saturated rings. The summed E-state index contributed by atoms with van der Waals surface area (Å²) < 4.78 is 1.06. The van der Waals surface area contributed by atoms with Gasteiger partial charge in [-0.15, -0.1) is 0 Å². The number of nitrogens with one attached hydrogen (secondary N) is 1. The number of aromatic amines is 1. The molecule has 0 saturated carbocycles. The van der Waals surface area contributed by atoms with Crippen molar-refractivity contribution in [1.29, 1.82) is 0 Å². The summed E-state index contributed by atoms with van der Waals surface area (Å²) in [7, 11) is 0. The van der Waals surface area contributed by atoms with E-state index in [0.717, 1.165) is 4.68 Å². The fourth-order valence-electron chi connectivity index (χ4n) is 0.695. The van der Waals surface area contributed by atoms with Crippen molar-refractivity contribution in [3.05, 3.63) is 22.1 Å². The molecule has 0 spiro atoms. The van der Waals surface area contributed by atoms with Crippen LogP contribution in [0.15, 0.2) is 10.9 Å². The number of aromatic nitrogens is 2. The molecule has 1 aromatic heterocycles. The number of nitrogens with two attached hydrogens (primary N) is 1. The first-order chi connectivity index (χ1) is 4.77. The molecule has 1 aromatic rings. The number of hydrogen-bond acceptors (Lipinski definition) is 3. The third kappa shape index (κ3) is 0.985. The SMILES string of the molecule is NCc1cc(=O)[nH]n1C=O. The molecule has 0 aromatic carbocycles. The van der Waals surface area contributed by atoms with Crippen LogP contribution in [0.3, 0.4) is 0 Å². The molecule has 5 nitrogen and oxygen atoms in total. The number of rotatable bonds is 2. The summed E-state index contributed by atoms with van der Waals surface area (Å²) in [5.41, 5.74) is 5.37. The Morgan fingerprint density at radius 2 is 2.50 bits per heavy atom. The lowest BCUT2D eigenvalue weighted by molar-refractivity contribution is 0.537. The molecule has 0 atom stereocenters. The maximum atomic E-state index is 10.5. The zero-order valence-corrected chi connectivity index (χ0v) is 5.20. The summed E-state index contributed by atoms with van der Waals surface area (Å²) in [6.07, 6.45) is 0.504.